The summed E-state index contributed by atoms with van der Waals surface area (Å²) in [6.07, 6.45) is 2.51. The summed E-state index contributed by atoms with van der Waals surface area (Å²) in [5.41, 5.74) is 0.526. The van der Waals surface area contributed by atoms with E-state index in [4.69, 9.17) is 0 Å². The van der Waals surface area contributed by atoms with E-state index < -0.39 is 10.0 Å². The molecule has 1 aromatic rings. The van der Waals surface area contributed by atoms with Crippen LogP contribution in [0.3, 0.4) is 0 Å². The molecule has 3 rings (SSSR count). The minimum atomic E-state index is -3.52. The number of nitrogens with one attached hydrogen (secondary N) is 2. The number of anilines is 1. The van der Waals surface area contributed by atoms with Crippen molar-refractivity contribution in [3.63, 3.8) is 0 Å². The normalized spacial score (nSPS) is 21.1. The molecule has 0 aromatic heterocycles. The van der Waals surface area contributed by atoms with E-state index in [0.29, 0.717) is 25.2 Å². The fraction of sp³-hybridized carbons (Fsp3) is 0.588. The molecule has 0 aliphatic carbocycles. The monoisotopic (exact) mass is 438 g/mol. The molecule has 2 N–H and O–H groups in total. The van der Waals surface area contributed by atoms with Crippen LogP contribution in [-0.2, 0) is 14.8 Å². The number of piperazine rings is 1. The standard InChI is InChI=1S/C17H26N4O3S.2ClH/c1-20-8-10-21(11-9-20)25(23,24)16-6-2-4-15(12-16)19-17(22)13-14-5-3-7-18-14;;/h2,4,6,12,14,18H,3,5,7-11,13H2,1H3,(H,19,22);2*1H. The van der Waals surface area contributed by atoms with Crippen LogP contribution in [-0.4, -0.2) is 69.3 Å². The summed E-state index contributed by atoms with van der Waals surface area (Å²) in [7, 11) is -1.54. The predicted octanol–water partition coefficient (Wildman–Crippen LogP) is 1.55. The van der Waals surface area contributed by atoms with Gasteiger partial charge < -0.3 is 15.5 Å². The van der Waals surface area contributed by atoms with Gasteiger partial charge in [0.1, 0.15) is 0 Å². The van der Waals surface area contributed by atoms with Gasteiger partial charge in [-0.3, -0.25) is 4.79 Å². The molecule has 1 atom stereocenters. The van der Waals surface area contributed by atoms with E-state index in [2.05, 4.69) is 15.5 Å². The molecule has 0 bridgehead atoms. The maximum Gasteiger partial charge on any atom is 0.243 e. The van der Waals surface area contributed by atoms with Crippen molar-refractivity contribution in [2.75, 3.05) is 45.1 Å². The molecule has 2 aliphatic heterocycles. The molecule has 1 amide bonds. The molecule has 2 heterocycles. The van der Waals surface area contributed by atoms with Gasteiger partial charge in [0.25, 0.3) is 0 Å². The minimum absolute atomic E-state index is 0. The van der Waals surface area contributed by atoms with E-state index in [1.165, 1.54) is 4.31 Å². The summed E-state index contributed by atoms with van der Waals surface area (Å²) in [4.78, 5) is 14.5. The second-order valence-corrected chi connectivity index (χ2v) is 8.72. The van der Waals surface area contributed by atoms with E-state index >= 15 is 0 Å². The molecule has 7 nitrogen and oxygen atoms in total. The average Bonchev–Trinajstić information content (AvgIpc) is 3.08. The smallest absolute Gasteiger partial charge is 0.243 e. The zero-order valence-corrected chi connectivity index (χ0v) is 17.8. The Bertz CT molecular complexity index is 719. The van der Waals surface area contributed by atoms with E-state index in [1.807, 2.05) is 7.05 Å². The topological polar surface area (TPSA) is 81.8 Å². The maximum absolute atomic E-state index is 12.8. The summed E-state index contributed by atoms with van der Waals surface area (Å²) in [6, 6.07) is 6.75. The Hall–Kier alpha value is -0.900. The first-order valence-corrected chi connectivity index (χ1v) is 10.2. The number of halogens is 2. The van der Waals surface area contributed by atoms with Crippen LogP contribution >= 0.6 is 24.8 Å². The third-order valence-electron chi connectivity index (χ3n) is 4.81. The molecular weight excluding hydrogens is 411 g/mol. The SMILES string of the molecule is CN1CCN(S(=O)(=O)c2cccc(NC(=O)CC3CCCN3)c2)CC1.Cl.Cl. The number of nitrogens with zero attached hydrogens (tertiary/aromatic N) is 2. The zero-order valence-electron chi connectivity index (χ0n) is 15.4. The van der Waals surface area contributed by atoms with Crippen molar-refractivity contribution < 1.29 is 13.2 Å². The summed E-state index contributed by atoms with van der Waals surface area (Å²) >= 11 is 0. The zero-order chi connectivity index (χ0) is 17.9. The predicted molar refractivity (Wildman–Crippen MR) is 111 cm³/mol. The van der Waals surface area contributed by atoms with Gasteiger partial charge in [-0.05, 0) is 44.6 Å². The van der Waals surface area contributed by atoms with Gasteiger partial charge in [-0.2, -0.15) is 4.31 Å². The van der Waals surface area contributed by atoms with E-state index in [1.54, 1.807) is 24.3 Å². The van der Waals surface area contributed by atoms with Gasteiger partial charge in [0.15, 0.2) is 0 Å². The molecule has 2 aliphatic rings. The van der Waals surface area contributed by atoms with Gasteiger partial charge in [-0.1, -0.05) is 6.07 Å². The number of likely N-dealkylation sites (N-methyl/N-ethyl adjacent to an activating group) is 1. The Balaban J connectivity index is 0.00000182. The van der Waals surface area contributed by atoms with Gasteiger partial charge in [-0.25, -0.2) is 8.42 Å². The molecule has 0 spiro atoms. The highest BCUT2D eigenvalue weighted by atomic mass is 35.5. The van der Waals surface area contributed by atoms with Gasteiger partial charge in [0.2, 0.25) is 15.9 Å². The number of carbonyl (C=O) groups is 1. The van der Waals surface area contributed by atoms with E-state index in [-0.39, 0.29) is 41.7 Å². The molecule has 10 heteroatoms. The van der Waals surface area contributed by atoms with Crippen LogP contribution in [0.15, 0.2) is 29.2 Å². The van der Waals surface area contributed by atoms with Crippen LogP contribution in [0.1, 0.15) is 19.3 Å². The number of hydrogen-bond acceptors (Lipinski definition) is 5. The van der Waals surface area contributed by atoms with Crippen LogP contribution in [0.2, 0.25) is 0 Å². The second kappa shape index (κ2) is 10.6. The van der Waals surface area contributed by atoms with Crippen molar-refractivity contribution in [3.05, 3.63) is 24.3 Å². The summed E-state index contributed by atoms with van der Waals surface area (Å²) in [6.45, 7) is 3.39. The largest absolute Gasteiger partial charge is 0.326 e. The molecule has 0 radical (unpaired) electrons. The molecule has 0 saturated carbocycles. The Morgan fingerprint density at radius 1 is 1.22 bits per heavy atom. The van der Waals surface area contributed by atoms with Crippen molar-refractivity contribution in [1.82, 2.24) is 14.5 Å². The quantitative estimate of drug-likeness (QED) is 0.728. The number of hydrogen-bond donors (Lipinski definition) is 2. The Morgan fingerprint density at radius 3 is 2.56 bits per heavy atom. The first-order chi connectivity index (χ1) is 11.9. The molecule has 2 fully saturated rings. The van der Waals surface area contributed by atoms with Crippen molar-refractivity contribution >= 4 is 46.4 Å². The van der Waals surface area contributed by atoms with Crippen LogP contribution in [0.25, 0.3) is 0 Å². The van der Waals surface area contributed by atoms with Crippen molar-refractivity contribution in [2.24, 2.45) is 0 Å². The van der Waals surface area contributed by atoms with Gasteiger partial charge in [0.05, 0.1) is 4.90 Å². The molecule has 1 unspecified atom stereocenters. The third kappa shape index (κ3) is 6.30. The van der Waals surface area contributed by atoms with Crippen LogP contribution in [0.5, 0.6) is 0 Å². The fourth-order valence-electron chi connectivity index (χ4n) is 3.28. The summed E-state index contributed by atoms with van der Waals surface area (Å²) in [5.74, 6) is -0.0893. The molecule has 1 aromatic carbocycles. The highest BCUT2D eigenvalue weighted by Crippen LogP contribution is 2.21. The highest BCUT2D eigenvalue weighted by Gasteiger charge is 2.27. The molecular formula is C17H28Cl2N4O3S. The lowest BCUT2D eigenvalue weighted by Gasteiger charge is -2.31. The number of amides is 1. The summed E-state index contributed by atoms with van der Waals surface area (Å²) < 4.78 is 27.1. The number of benzene rings is 1. The lowest BCUT2D eigenvalue weighted by atomic mass is 10.1. The first-order valence-electron chi connectivity index (χ1n) is 8.77. The average molecular weight is 439 g/mol. The van der Waals surface area contributed by atoms with Gasteiger partial charge >= 0.3 is 0 Å². The second-order valence-electron chi connectivity index (χ2n) is 6.78. The number of carbonyl (C=O) groups excluding carboxylic acids is 1. The first kappa shape index (κ1) is 24.1. The number of sulfonamides is 1. The van der Waals surface area contributed by atoms with Crippen LogP contribution in [0, 0.1) is 0 Å². The Morgan fingerprint density at radius 2 is 1.93 bits per heavy atom. The van der Waals surface area contributed by atoms with Crippen LogP contribution in [0.4, 0.5) is 5.69 Å². The number of rotatable bonds is 5. The van der Waals surface area contributed by atoms with Crippen molar-refractivity contribution in [3.8, 4) is 0 Å². The van der Waals surface area contributed by atoms with Gasteiger partial charge in [-0.15, -0.1) is 24.8 Å². The fourth-order valence-corrected chi connectivity index (χ4v) is 4.75. The third-order valence-corrected chi connectivity index (χ3v) is 6.71. The van der Waals surface area contributed by atoms with Gasteiger partial charge in [0, 0.05) is 44.3 Å². The lowest BCUT2D eigenvalue weighted by molar-refractivity contribution is -0.116. The minimum Gasteiger partial charge on any atom is -0.326 e. The van der Waals surface area contributed by atoms with E-state index in [0.717, 1.165) is 32.5 Å². The van der Waals surface area contributed by atoms with Crippen molar-refractivity contribution in [2.45, 2.75) is 30.2 Å². The molecule has 154 valence electrons. The Labute approximate surface area is 173 Å². The van der Waals surface area contributed by atoms with E-state index in [9.17, 15) is 13.2 Å². The highest BCUT2D eigenvalue weighted by molar-refractivity contribution is 7.89. The molecule has 27 heavy (non-hydrogen) atoms. The lowest BCUT2D eigenvalue weighted by Crippen LogP contribution is -2.47. The maximum atomic E-state index is 12.8. The molecule has 2 saturated heterocycles. The Kier molecular flexibility index (Phi) is 9.47. The van der Waals surface area contributed by atoms with Crippen molar-refractivity contribution in [1.29, 1.82) is 0 Å². The van der Waals surface area contributed by atoms with Crippen LogP contribution < -0.4 is 10.6 Å². The summed E-state index contributed by atoms with van der Waals surface area (Å²) in [5, 5.41) is 6.11.